The molecule has 0 aliphatic carbocycles. The molecule has 2 fully saturated rings. The van der Waals surface area contributed by atoms with Gasteiger partial charge in [-0.2, -0.15) is 0 Å². The van der Waals surface area contributed by atoms with E-state index in [9.17, 15) is 4.79 Å². The minimum atomic E-state index is 0.0529. The van der Waals surface area contributed by atoms with Gasteiger partial charge in [0.15, 0.2) is 5.82 Å². The second kappa shape index (κ2) is 7.98. The molecular weight excluding hydrogens is 342 g/mol. The van der Waals surface area contributed by atoms with Crippen LogP contribution in [0.1, 0.15) is 37.2 Å². The van der Waals surface area contributed by atoms with Crippen LogP contribution in [0.15, 0.2) is 29.1 Å². The van der Waals surface area contributed by atoms with E-state index in [0.29, 0.717) is 6.54 Å². The van der Waals surface area contributed by atoms with Crippen molar-refractivity contribution in [2.24, 2.45) is 5.92 Å². The zero-order valence-corrected chi connectivity index (χ0v) is 15.9. The van der Waals surface area contributed by atoms with Crippen molar-refractivity contribution in [1.82, 2.24) is 15.3 Å². The van der Waals surface area contributed by atoms with Gasteiger partial charge in [-0.05, 0) is 44.7 Å². The second-order valence-electron chi connectivity index (χ2n) is 7.42. The van der Waals surface area contributed by atoms with Crippen LogP contribution in [-0.4, -0.2) is 42.1 Å². The molecule has 0 atom stereocenters. The third-order valence-electron chi connectivity index (χ3n) is 5.52. The van der Waals surface area contributed by atoms with Gasteiger partial charge in [0.2, 0.25) is 5.91 Å². The lowest BCUT2D eigenvalue weighted by atomic mass is 9.95. The van der Waals surface area contributed by atoms with E-state index in [0.717, 1.165) is 62.0 Å². The highest BCUT2D eigenvalue weighted by Gasteiger charge is 2.28. The first-order chi connectivity index (χ1) is 13.2. The largest absolute Gasteiger partial charge is 0.465 e. The molecule has 0 bridgehead atoms. The lowest BCUT2D eigenvalue weighted by Crippen LogP contribution is -2.41. The Hall–Kier alpha value is -2.57. The number of carbonyl (C=O) groups excluding carboxylic acids is 1. The Balaban J connectivity index is 1.33. The van der Waals surface area contributed by atoms with Gasteiger partial charge < -0.3 is 19.5 Å². The highest BCUT2D eigenvalue weighted by molar-refractivity contribution is 5.79. The fourth-order valence-electron chi connectivity index (χ4n) is 3.99. The fraction of sp³-hybridized carbons (Fsp3) is 0.550. The van der Waals surface area contributed by atoms with Gasteiger partial charge in [0.25, 0.3) is 0 Å². The summed E-state index contributed by atoms with van der Waals surface area (Å²) in [6.07, 6.45) is 7.68. The number of amides is 1. The smallest absolute Gasteiger partial charge is 0.223 e. The molecule has 7 nitrogen and oxygen atoms in total. The molecule has 4 heterocycles. The Morgan fingerprint density at radius 3 is 2.67 bits per heavy atom. The SMILES string of the molecule is Cc1ccc(CNC(=O)C2CCN(c3cncnc3N3CCCC3)CC2)o1. The van der Waals surface area contributed by atoms with Gasteiger partial charge in [0.1, 0.15) is 17.8 Å². The predicted molar refractivity (Wildman–Crippen MR) is 104 cm³/mol. The Labute approximate surface area is 159 Å². The molecule has 2 aromatic rings. The van der Waals surface area contributed by atoms with Crippen LogP contribution < -0.4 is 15.1 Å². The van der Waals surface area contributed by atoms with Crippen LogP contribution in [0, 0.1) is 12.8 Å². The quantitative estimate of drug-likeness (QED) is 0.873. The van der Waals surface area contributed by atoms with Crippen LogP contribution in [0.3, 0.4) is 0 Å². The summed E-state index contributed by atoms with van der Waals surface area (Å²) in [7, 11) is 0. The van der Waals surface area contributed by atoms with Crippen LogP contribution >= 0.6 is 0 Å². The summed E-state index contributed by atoms with van der Waals surface area (Å²) >= 11 is 0. The first-order valence-corrected chi connectivity index (χ1v) is 9.83. The van der Waals surface area contributed by atoms with Crippen molar-refractivity contribution in [2.75, 3.05) is 36.0 Å². The minimum absolute atomic E-state index is 0.0529. The third kappa shape index (κ3) is 4.07. The number of rotatable bonds is 5. The normalized spacial score (nSPS) is 18.1. The van der Waals surface area contributed by atoms with Crippen molar-refractivity contribution in [3.05, 3.63) is 36.2 Å². The maximum atomic E-state index is 12.5. The first kappa shape index (κ1) is 17.8. The van der Waals surface area contributed by atoms with Crippen molar-refractivity contribution in [3.63, 3.8) is 0 Å². The standard InChI is InChI=1S/C20H27N5O2/c1-15-4-5-17(27-15)12-22-20(26)16-6-10-24(11-7-16)18-13-21-14-23-19(18)25-8-2-3-9-25/h4-5,13-14,16H,2-3,6-12H2,1H3,(H,22,26). The van der Waals surface area contributed by atoms with E-state index in [4.69, 9.17) is 4.42 Å². The van der Waals surface area contributed by atoms with Crippen LogP contribution in [-0.2, 0) is 11.3 Å². The molecule has 144 valence electrons. The molecular formula is C20H27N5O2. The highest BCUT2D eigenvalue weighted by Crippen LogP contribution is 2.31. The van der Waals surface area contributed by atoms with Gasteiger partial charge in [-0.15, -0.1) is 0 Å². The molecule has 27 heavy (non-hydrogen) atoms. The number of nitrogens with zero attached hydrogens (tertiary/aromatic N) is 4. The molecule has 1 N–H and O–H groups in total. The number of hydrogen-bond donors (Lipinski definition) is 1. The van der Waals surface area contributed by atoms with Gasteiger partial charge in [0, 0.05) is 32.1 Å². The molecule has 0 spiro atoms. The monoisotopic (exact) mass is 369 g/mol. The van der Waals surface area contributed by atoms with Gasteiger partial charge in [-0.25, -0.2) is 9.97 Å². The molecule has 0 aromatic carbocycles. The lowest BCUT2D eigenvalue weighted by Gasteiger charge is -2.34. The number of piperidine rings is 1. The van der Waals surface area contributed by atoms with E-state index < -0.39 is 0 Å². The number of hydrogen-bond acceptors (Lipinski definition) is 6. The van der Waals surface area contributed by atoms with E-state index in [2.05, 4.69) is 25.1 Å². The molecule has 2 aliphatic rings. The van der Waals surface area contributed by atoms with Crippen LogP contribution in [0.5, 0.6) is 0 Å². The van der Waals surface area contributed by atoms with Crippen molar-refractivity contribution in [2.45, 2.75) is 39.2 Å². The van der Waals surface area contributed by atoms with E-state index >= 15 is 0 Å². The van der Waals surface area contributed by atoms with Crippen molar-refractivity contribution in [1.29, 1.82) is 0 Å². The maximum absolute atomic E-state index is 12.5. The fourth-order valence-corrected chi connectivity index (χ4v) is 3.99. The van der Waals surface area contributed by atoms with Crippen molar-refractivity contribution in [3.8, 4) is 0 Å². The number of carbonyl (C=O) groups is 1. The predicted octanol–water partition coefficient (Wildman–Crippen LogP) is 2.51. The average Bonchev–Trinajstić information content (AvgIpc) is 3.38. The molecule has 0 radical (unpaired) electrons. The summed E-state index contributed by atoms with van der Waals surface area (Å²) in [4.78, 5) is 25.9. The average molecular weight is 369 g/mol. The zero-order chi connectivity index (χ0) is 18.6. The van der Waals surface area contributed by atoms with E-state index in [-0.39, 0.29) is 11.8 Å². The van der Waals surface area contributed by atoms with E-state index in [1.807, 2.05) is 25.3 Å². The topological polar surface area (TPSA) is 74.5 Å². The van der Waals surface area contributed by atoms with Gasteiger partial charge in [-0.1, -0.05) is 0 Å². The lowest BCUT2D eigenvalue weighted by molar-refractivity contribution is -0.125. The van der Waals surface area contributed by atoms with Gasteiger partial charge in [-0.3, -0.25) is 4.79 Å². The Morgan fingerprint density at radius 1 is 1.19 bits per heavy atom. The number of aryl methyl sites for hydroxylation is 1. The van der Waals surface area contributed by atoms with Crippen LogP contribution in [0.25, 0.3) is 0 Å². The molecule has 0 saturated carbocycles. The number of nitrogens with one attached hydrogen (secondary N) is 1. The first-order valence-electron chi connectivity index (χ1n) is 9.83. The van der Waals surface area contributed by atoms with Crippen molar-refractivity contribution >= 4 is 17.4 Å². The molecule has 7 heteroatoms. The minimum Gasteiger partial charge on any atom is -0.465 e. The number of furan rings is 1. The molecule has 4 rings (SSSR count). The van der Waals surface area contributed by atoms with Crippen molar-refractivity contribution < 1.29 is 9.21 Å². The Bertz CT molecular complexity index is 776. The zero-order valence-electron chi connectivity index (χ0n) is 15.9. The molecule has 0 unspecified atom stereocenters. The third-order valence-corrected chi connectivity index (χ3v) is 5.52. The summed E-state index contributed by atoms with van der Waals surface area (Å²) < 4.78 is 5.52. The van der Waals surface area contributed by atoms with Gasteiger partial charge in [0.05, 0.1) is 18.4 Å². The highest BCUT2D eigenvalue weighted by atomic mass is 16.3. The van der Waals surface area contributed by atoms with E-state index in [1.165, 1.54) is 12.8 Å². The summed E-state index contributed by atoms with van der Waals surface area (Å²) in [5.74, 6) is 2.88. The van der Waals surface area contributed by atoms with E-state index in [1.54, 1.807) is 6.33 Å². The molecule has 1 amide bonds. The summed E-state index contributed by atoms with van der Waals surface area (Å²) in [6.45, 7) is 6.20. The summed E-state index contributed by atoms with van der Waals surface area (Å²) in [6, 6.07) is 3.83. The number of aromatic nitrogens is 2. The second-order valence-corrected chi connectivity index (χ2v) is 7.42. The molecule has 2 aromatic heterocycles. The number of anilines is 2. The summed E-state index contributed by atoms with van der Waals surface area (Å²) in [5.41, 5.74) is 1.10. The molecule has 2 saturated heterocycles. The van der Waals surface area contributed by atoms with Crippen LogP contribution in [0.4, 0.5) is 11.5 Å². The van der Waals surface area contributed by atoms with Crippen LogP contribution in [0.2, 0.25) is 0 Å². The maximum Gasteiger partial charge on any atom is 0.223 e. The molecule has 2 aliphatic heterocycles. The Morgan fingerprint density at radius 2 is 1.96 bits per heavy atom. The summed E-state index contributed by atoms with van der Waals surface area (Å²) in [5, 5.41) is 3.01. The Kier molecular flexibility index (Phi) is 5.27. The van der Waals surface area contributed by atoms with Gasteiger partial charge >= 0.3 is 0 Å².